The van der Waals surface area contributed by atoms with Gasteiger partial charge in [-0.1, -0.05) is 24.6 Å². The molecule has 3 rings (SSSR count). The van der Waals surface area contributed by atoms with E-state index in [1.54, 1.807) is 0 Å². The summed E-state index contributed by atoms with van der Waals surface area (Å²) in [5.41, 5.74) is 8.57. The van der Waals surface area contributed by atoms with Gasteiger partial charge in [0.05, 0.1) is 6.26 Å². The summed E-state index contributed by atoms with van der Waals surface area (Å²) in [6.07, 6.45) is 5.64. The number of hydrogen-bond acceptors (Lipinski definition) is 3. The van der Waals surface area contributed by atoms with E-state index in [1.165, 1.54) is 30.2 Å². The Hall–Kier alpha value is -1.32. The maximum Gasteiger partial charge on any atom is 0.134 e. The highest BCUT2D eigenvalue weighted by atomic mass is 16.3. The summed E-state index contributed by atoms with van der Waals surface area (Å²) in [4.78, 5) is 2.29. The number of hydrogen-bond donors (Lipinski definition) is 1. The first-order valence-electron chi connectivity index (χ1n) is 7.00. The second kappa shape index (κ2) is 4.66. The van der Waals surface area contributed by atoms with E-state index in [1.807, 2.05) is 18.4 Å². The third-order valence-corrected chi connectivity index (χ3v) is 4.66. The van der Waals surface area contributed by atoms with Crippen molar-refractivity contribution in [2.75, 3.05) is 20.6 Å². The van der Waals surface area contributed by atoms with Crippen molar-refractivity contribution in [2.45, 2.75) is 25.3 Å². The summed E-state index contributed by atoms with van der Waals surface area (Å²) in [6, 6.07) is 8.61. The molecule has 1 heterocycles. The number of para-hydroxylation sites is 1. The van der Waals surface area contributed by atoms with Gasteiger partial charge in [-0.2, -0.15) is 0 Å². The maximum absolute atomic E-state index is 6.10. The van der Waals surface area contributed by atoms with Crippen LogP contribution in [0.1, 0.15) is 30.9 Å². The average molecular weight is 258 g/mol. The fourth-order valence-corrected chi connectivity index (χ4v) is 3.59. The van der Waals surface area contributed by atoms with E-state index < -0.39 is 0 Å². The molecule has 0 spiro atoms. The summed E-state index contributed by atoms with van der Waals surface area (Å²) in [5, 5.41) is 1.22. The van der Waals surface area contributed by atoms with Gasteiger partial charge in [-0.25, -0.2) is 0 Å². The third-order valence-electron chi connectivity index (χ3n) is 4.66. The first-order valence-corrected chi connectivity index (χ1v) is 7.00. The van der Waals surface area contributed by atoms with Crippen LogP contribution in [0, 0.1) is 5.41 Å². The van der Waals surface area contributed by atoms with Gasteiger partial charge in [-0.15, -0.1) is 0 Å². The summed E-state index contributed by atoms with van der Waals surface area (Å²) in [6.45, 7) is 0.745. The molecule has 1 atom stereocenters. The second-order valence-electron chi connectivity index (χ2n) is 5.97. The van der Waals surface area contributed by atoms with Crippen molar-refractivity contribution in [3.63, 3.8) is 0 Å². The molecule has 1 aromatic carbocycles. The molecule has 1 aliphatic carbocycles. The summed E-state index contributed by atoms with van der Waals surface area (Å²) >= 11 is 0. The van der Waals surface area contributed by atoms with Gasteiger partial charge in [-0.3, -0.25) is 0 Å². The van der Waals surface area contributed by atoms with Crippen LogP contribution in [-0.4, -0.2) is 25.5 Å². The number of furan rings is 1. The Morgan fingerprint density at radius 3 is 2.63 bits per heavy atom. The van der Waals surface area contributed by atoms with Crippen LogP contribution in [-0.2, 0) is 0 Å². The number of nitrogens with zero attached hydrogens (tertiary/aromatic N) is 1. The molecule has 0 radical (unpaired) electrons. The zero-order valence-electron chi connectivity index (χ0n) is 11.7. The van der Waals surface area contributed by atoms with E-state index in [2.05, 4.69) is 31.1 Å². The van der Waals surface area contributed by atoms with Crippen molar-refractivity contribution in [1.82, 2.24) is 4.90 Å². The van der Waals surface area contributed by atoms with Crippen molar-refractivity contribution in [2.24, 2.45) is 11.1 Å². The van der Waals surface area contributed by atoms with E-state index in [-0.39, 0.29) is 5.41 Å². The largest absolute Gasteiger partial charge is 0.464 e. The minimum absolute atomic E-state index is 0.218. The maximum atomic E-state index is 6.10. The zero-order chi connectivity index (χ0) is 13.5. The number of fused-ring (bicyclic) bond motifs is 1. The van der Waals surface area contributed by atoms with E-state index in [4.69, 9.17) is 10.2 Å². The number of rotatable bonds is 4. The third kappa shape index (κ3) is 1.88. The molecular formula is C16H22N2O. The fourth-order valence-electron chi connectivity index (χ4n) is 3.59. The topological polar surface area (TPSA) is 42.4 Å². The number of benzene rings is 1. The molecule has 1 aliphatic rings. The first kappa shape index (κ1) is 12.7. The van der Waals surface area contributed by atoms with Crippen molar-refractivity contribution in [3.05, 3.63) is 36.1 Å². The van der Waals surface area contributed by atoms with Crippen LogP contribution in [0.2, 0.25) is 0 Å². The molecule has 2 N–H and O–H groups in total. The molecule has 0 aliphatic heterocycles. The molecular weight excluding hydrogens is 236 g/mol. The van der Waals surface area contributed by atoms with E-state index >= 15 is 0 Å². The normalized spacial score (nSPS) is 19.6. The molecule has 3 heteroatoms. The summed E-state index contributed by atoms with van der Waals surface area (Å²) in [7, 11) is 4.28. The highest BCUT2D eigenvalue weighted by molar-refractivity contribution is 5.81. The lowest BCUT2D eigenvalue weighted by atomic mass is 9.62. The summed E-state index contributed by atoms with van der Waals surface area (Å²) < 4.78 is 5.72. The Bertz CT molecular complexity index is 563. The number of nitrogens with two attached hydrogens (primary N) is 1. The average Bonchev–Trinajstić information content (AvgIpc) is 2.77. The molecule has 2 aromatic rings. The van der Waals surface area contributed by atoms with Gasteiger partial charge in [0.1, 0.15) is 5.58 Å². The minimum Gasteiger partial charge on any atom is -0.464 e. The Morgan fingerprint density at radius 1 is 1.32 bits per heavy atom. The lowest BCUT2D eigenvalue weighted by Gasteiger charge is -2.49. The molecule has 102 valence electrons. The molecule has 19 heavy (non-hydrogen) atoms. The van der Waals surface area contributed by atoms with E-state index in [9.17, 15) is 0 Å². The molecule has 1 unspecified atom stereocenters. The fraction of sp³-hybridized carbons (Fsp3) is 0.500. The molecule has 0 bridgehead atoms. The molecule has 0 saturated heterocycles. The van der Waals surface area contributed by atoms with E-state index in [0.29, 0.717) is 6.04 Å². The lowest BCUT2D eigenvalue weighted by Crippen LogP contribution is -2.47. The Labute approximate surface area is 114 Å². The van der Waals surface area contributed by atoms with E-state index in [0.717, 1.165) is 12.1 Å². The molecule has 3 nitrogen and oxygen atoms in total. The highest BCUT2D eigenvalue weighted by Crippen LogP contribution is 2.52. The van der Waals surface area contributed by atoms with Crippen molar-refractivity contribution in [3.8, 4) is 0 Å². The second-order valence-corrected chi connectivity index (χ2v) is 5.97. The van der Waals surface area contributed by atoms with Gasteiger partial charge in [0.15, 0.2) is 0 Å². The lowest BCUT2D eigenvalue weighted by molar-refractivity contribution is 0.0285. The zero-order valence-corrected chi connectivity index (χ0v) is 11.7. The van der Waals surface area contributed by atoms with Crippen LogP contribution in [0.3, 0.4) is 0 Å². The van der Waals surface area contributed by atoms with Gasteiger partial charge in [0, 0.05) is 22.4 Å². The van der Waals surface area contributed by atoms with Crippen LogP contribution in [0.5, 0.6) is 0 Å². The van der Waals surface area contributed by atoms with Gasteiger partial charge in [0.2, 0.25) is 0 Å². The minimum atomic E-state index is 0.218. The van der Waals surface area contributed by atoms with Crippen molar-refractivity contribution in [1.29, 1.82) is 0 Å². The van der Waals surface area contributed by atoms with Crippen LogP contribution < -0.4 is 5.73 Å². The quantitative estimate of drug-likeness (QED) is 0.916. The Balaban J connectivity index is 2.10. The van der Waals surface area contributed by atoms with Crippen LogP contribution in [0.25, 0.3) is 11.0 Å². The molecule has 1 saturated carbocycles. The summed E-state index contributed by atoms with van der Waals surface area (Å²) in [5.74, 6) is 0. The first-order chi connectivity index (χ1) is 9.18. The van der Waals surface area contributed by atoms with Gasteiger partial charge >= 0.3 is 0 Å². The van der Waals surface area contributed by atoms with Crippen molar-refractivity contribution < 1.29 is 4.42 Å². The highest BCUT2D eigenvalue weighted by Gasteiger charge is 2.45. The molecule has 0 amide bonds. The predicted molar refractivity (Wildman–Crippen MR) is 78.0 cm³/mol. The van der Waals surface area contributed by atoms with Crippen LogP contribution in [0.15, 0.2) is 34.9 Å². The molecule has 1 aromatic heterocycles. The Morgan fingerprint density at radius 2 is 2.05 bits per heavy atom. The van der Waals surface area contributed by atoms with Crippen molar-refractivity contribution >= 4 is 11.0 Å². The smallest absolute Gasteiger partial charge is 0.134 e. The standard InChI is InChI=1S/C16H22N2O/c1-18(2)15(16(11-17)8-5-9-16)13-10-19-14-7-4-3-6-12(13)14/h3-4,6-7,10,15H,5,8-9,11,17H2,1-2H3. The van der Waals surface area contributed by atoms with Crippen LogP contribution in [0.4, 0.5) is 0 Å². The van der Waals surface area contributed by atoms with Gasteiger partial charge in [-0.05, 0) is 39.5 Å². The Kier molecular flexibility index (Phi) is 3.11. The predicted octanol–water partition coefficient (Wildman–Crippen LogP) is 3.16. The monoisotopic (exact) mass is 258 g/mol. The molecule has 1 fully saturated rings. The van der Waals surface area contributed by atoms with Gasteiger partial charge < -0.3 is 15.1 Å². The van der Waals surface area contributed by atoms with Gasteiger partial charge in [0.25, 0.3) is 0 Å². The van der Waals surface area contributed by atoms with Crippen LogP contribution >= 0.6 is 0 Å². The SMILES string of the molecule is CN(C)C(c1coc2ccccc12)C1(CN)CCC1.